The van der Waals surface area contributed by atoms with Gasteiger partial charge in [0.1, 0.15) is 4.90 Å². The second-order valence-corrected chi connectivity index (χ2v) is 6.53. The van der Waals surface area contributed by atoms with Crippen LogP contribution in [0.5, 0.6) is 0 Å². The third kappa shape index (κ3) is 3.30. The zero-order valence-electron chi connectivity index (χ0n) is 10.9. The number of halogens is 2. The van der Waals surface area contributed by atoms with Gasteiger partial charge in [-0.1, -0.05) is 0 Å². The molecule has 0 amide bonds. The van der Waals surface area contributed by atoms with Crippen LogP contribution in [0.4, 0.5) is 14.5 Å². The summed E-state index contributed by atoms with van der Waals surface area (Å²) in [7, 11) is -4.12. The van der Waals surface area contributed by atoms with Crippen LogP contribution in [0.1, 0.15) is 18.9 Å². The second-order valence-electron chi connectivity index (χ2n) is 4.14. The van der Waals surface area contributed by atoms with Gasteiger partial charge in [0.2, 0.25) is 0 Å². The molecule has 0 aliphatic carbocycles. The summed E-state index contributed by atoms with van der Waals surface area (Å²) in [4.78, 5) is 11.0. The number of hydrogen-bond donors (Lipinski definition) is 1. The van der Waals surface area contributed by atoms with Crippen LogP contribution in [-0.4, -0.2) is 13.0 Å². The maximum Gasteiger partial charge on any atom is 0.265 e. The van der Waals surface area contributed by atoms with Crippen molar-refractivity contribution in [1.29, 1.82) is 0 Å². The number of sulfonamides is 1. The number of aryl methyl sites for hydroxylation is 1. The van der Waals surface area contributed by atoms with Crippen molar-refractivity contribution >= 4 is 27.0 Å². The highest BCUT2D eigenvalue weighted by molar-refractivity contribution is 7.92. The molecule has 0 aromatic carbocycles. The molecule has 0 aliphatic heterocycles. The van der Waals surface area contributed by atoms with E-state index in [0.29, 0.717) is 6.54 Å². The number of nitrogens with zero attached hydrogens (tertiary/aromatic N) is 1. The lowest BCUT2D eigenvalue weighted by atomic mass is 10.4. The first-order valence-electron chi connectivity index (χ1n) is 5.92. The smallest absolute Gasteiger partial charge is 0.265 e. The topological polar surface area (TPSA) is 68.2 Å². The van der Waals surface area contributed by atoms with Crippen molar-refractivity contribution in [3.8, 4) is 0 Å². The summed E-state index contributed by atoms with van der Waals surface area (Å²) in [5, 5.41) is 2.26. The molecule has 0 fully saturated rings. The number of rotatable bonds is 5. The molecule has 0 radical (unpaired) electrons. The number of nitrogens with one attached hydrogen (secondary N) is 1. The van der Waals surface area contributed by atoms with E-state index in [9.17, 15) is 22.0 Å². The van der Waals surface area contributed by atoms with E-state index in [1.807, 2.05) is 0 Å². The summed E-state index contributed by atoms with van der Waals surface area (Å²) in [5.41, 5.74) is -0.663. The fourth-order valence-electron chi connectivity index (χ4n) is 1.72. The molecular weight excluding hydrogens is 322 g/mol. The highest BCUT2D eigenvalue weighted by Crippen LogP contribution is 2.30. The Bertz CT molecular complexity index is 797. The van der Waals surface area contributed by atoms with Crippen molar-refractivity contribution in [2.75, 3.05) is 4.72 Å². The van der Waals surface area contributed by atoms with E-state index in [1.165, 1.54) is 22.9 Å². The monoisotopic (exact) mass is 334 g/mol. The molecule has 0 bridgehead atoms. The third-order valence-electron chi connectivity index (χ3n) is 2.76. The van der Waals surface area contributed by atoms with E-state index in [0.717, 1.165) is 22.1 Å². The first kappa shape index (κ1) is 15.6. The highest BCUT2D eigenvalue weighted by Gasteiger charge is 2.24. The average molecular weight is 334 g/mol. The molecule has 0 spiro atoms. The van der Waals surface area contributed by atoms with Crippen LogP contribution in [0, 0.1) is 0 Å². The normalized spacial score (nSPS) is 11.8. The molecule has 114 valence electrons. The summed E-state index contributed by atoms with van der Waals surface area (Å²) in [6.45, 7) is 2.10. The molecule has 21 heavy (non-hydrogen) atoms. The van der Waals surface area contributed by atoms with Gasteiger partial charge in [0, 0.05) is 35.1 Å². The molecular formula is C12H12F2N2O3S2. The minimum Gasteiger partial charge on any atom is -0.314 e. The fraction of sp³-hybridized carbons (Fsp3) is 0.250. The van der Waals surface area contributed by atoms with Gasteiger partial charge >= 0.3 is 0 Å². The van der Waals surface area contributed by atoms with E-state index in [4.69, 9.17) is 0 Å². The third-order valence-corrected chi connectivity index (χ3v) is 5.10. The Hall–Kier alpha value is -1.74. The van der Waals surface area contributed by atoms with Gasteiger partial charge in [-0.15, -0.1) is 0 Å². The zero-order chi connectivity index (χ0) is 15.6. The highest BCUT2D eigenvalue weighted by atomic mass is 32.2. The molecule has 2 aromatic heterocycles. The van der Waals surface area contributed by atoms with Gasteiger partial charge in [-0.05, 0) is 13.0 Å². The number of aromatic nitrogens is 1. The largest absolute Gasteiger partial charge is 0.314 e. The Labute approximate surface area is 123 Å². The Morgan fingerprint density at radius 2 is 2.05 bits per heavy atom. The van der Waals surface area contributed by atoms with E-state index >= 15 is 0 Å². The fourth-order valence-corrected chi connectivity index (χ4v) is 4.17. The SMILES string of the molecule is CCn1cc(NS(=O)(=O)c2cscc2C(F)F)ccc1=O. The Morgan fingerprint density at radius 3 is 2.67 bits per heavy atom. The summed E-state index contributed by atoms with van der Waals surface area (Å²) in [5.74, 6) is 0. The lowest BCUT2D eigenvalue weighted by Crippen LogP contribution is -2.20. The molecule has 5 nitrogen and oxygen atoms in total. The van der Waals surface area contributed by atoms with E-state index in [-0.39, 0.29) is 11.2 Å². The summed E-state index contributed by atoms with van der Waals surface area (Å²) >= 11 is 0.888. The molecule has 1 N–H and O–H groups in total. The van der Waals surface area contributed by atoms with Crippen LogP contribution < -0.4 is 10.3 Å². The van der Waals surface area contributed by atoms with Crippen molar-refractivity contribution < 1.29 is 17.2 Å². The Morgan fingerprint density at radius 1 is 1.33 bits per heavy atom. The van der Waals surface area contributed by atoms with Gasteiger partial charge in [0.05, 0.1) is 5.69 Å². The maximum absolute atomic E-state index is 12.8. The van der Waals surface area contributed by atoms with Gasteiger partial charge in [-0.3, -0.25) is 9.52 Å². The van der Waals surface area contributed by atoms with E-state index < -0.39 is 26.9 Å². The predicted octanol–water partition coefficient (Wildman–Crippen LogP) is 2.67. The number of anilines is 1. The molecule has 9 heteroatoms. The molecule has 2 rings (SSSR count). The maximum atomic E-state index is 12.8. The van der Waals surface area contributed by atoms with Crippen LogP contribution in [0.25, 0.3) is 0 Å². The molecule has 2 heterocycles. The summed E-state index contributed by atoms with van der Waals surface area (Å²) in [6, 6.07) is 2.50. The first-order chi connectivity index (χ1) is 9.85. The predicted molar refractivity (Wildman–Crippen MR) is 76.5 cm³/mol. The van der Waals surface area contributed by atoms with Crippen molar-refractivity contribution in [2.24, 2.45) is 0 Å². The molecule has 0 aliphatic rings. The van der Waals surface area contributed by atoms with Crippen molar-refractivity contribution in [3.63, 3.8) is 0 Å². The zero-order valence-corrected chi connectivity index (χ0v) is 12.5. The molecule has 0 unspecified atom stereocenters. The van der Waals surface area contributed by atoms with Crippen molar-refractivity contribution in [1.82, 2.24) is 4.57 Å². The molecule has 0 saturated heterocycles. The minimum atomic E-state index is -4.12. The Kier molecular flexibility index (Phi) is 4.43. The van der Waals surface area contributed by atoms with Crippen LogP contribution in [0.2, 0.25) is 0 Å². The summed E-state index contributed by atoms with van der Waals surface area (Å²) in [6.07, 6.45) is -1.54. The van der Waals surface area contributed by atoms with E-state index in [2.05, 4.69) is 4.72 Å². The standard InChI is InChI=1S/C12H12F2N2O3S2/c1-2-16-5-8(3-4-11(16)17)15-21(18,19)10-7-20-6-9(10)12(13)14/h3-7,12,15H,2H2,1H3. The van der Waals surface area contributed by atoms with Gasteiger partial charge < -0.3 is 4.57 Å². The van der Waals surface area contributed by atoms with E-state index in [1.54, 1.807) is 6.92 Å². The quantitative estimate of drug-likeness (QED) is 0.914. The van der Waals surface area contributed by atoms with Gasteiger partial charge in [0.25, 0.3) is 22.0 Å². The first-order valence-corrected chi connectivity index (χ1v) is 8.35. The number of pyridine rings is 1. The Balaban J connectivity index is 2.38. The molecule has 0 atom stereocenters. The van der Waals surface area contributed by atoms with Crippen LogP contribution >= 0.6 is 11.3 Å². The number of hydrogen-bond acceptors (Lipinski definition) is 4. The van der Waals surface area contributed by atoms with Crippen LogP contribution in [0.15, 0.2) is 38.8 Å². The number of thiophene rings is 1. The van der Waals surface area contributed by atoms with Crippen LogP contribution in [-0.2, 0) is 16.6 Å². The molecule has 0 saturated carbocycles. The second kappa shape index (κ2) is 5.94. The lowest BCUT2D eigenvalue weighted by molar-refractivity contribution is 0.148. The number of alkyl halides is 2. The van der Waals surface area contributed by atoms with Crippen molar-refractivity contribution in [3.05, 3.63) is 45.0 Å². The molecule has 2 aromatic rings. The van der Waals surface area contributed by atoms with Gasteiger partial charge in [-0.25, -0.2) is 17.2 Å². The van der Waals surface area contributed by atoms with Gasteiger partial charge in [0.15, 0.2) is 0 Å². The van der Waals surface area contributed by atoms with Crippen LogP contribution in [0.3, 0.4) is 0 Å². The lowest BCUT2D eigenvalue weighted by Gasteiger charge is -2.10. The summed E-state index contributed by atoms with van der Waals surface area (Å²) < 4.78 is 53.3. The average Bonchev–Trinajstić information content (AvgIpc) is 2.91. The van der Waals surface area contributed by atoms with Gasteiger partial charge in [-0.2, -0.15) is 11.3 Å². The van der Waals surface area contributed by atoms with Crippen molar-refractivity contribution in [2.45, 2.75) is 24.8 Å². The minimum absolute atomic E-state index is 0.142.